The van der Waals surface area contributed by atoms with E-state index in [4.69, 9.17) is 21.4 Å². The average Bonchev–Trinajstić information content (AvgIpc) is 2.88. The molecule has 0 atom stereocenters. The number of carbonyl (C=O) groups is 1. The molecule has 0 unspecified atom stereocenters. The number of nitrogens with zero attached hydrogens (tertiary/aromatic N) is 2. The first-order valence-corrected chi connectivity index (χ1v) is 7.14. The van der Waals surface area contributed by atoms with Gasteiger partial charge in [0.05, 0.1) is 22.0 Å². The summed E-state index contributed by atoms with van der Waals surface area (Å²) in [6, 6.07) is 6.42. The van der Waals surface area contributed by atoms with E-state index in [-0.39, 0.29) is 10.6 Å². The smallest absolute Gasteiger partial charge is 0.335 e. The molecule has 0 saturated carbocycles. The van der Waals surface area contributed by atoms with Crippen LogP contribution in [0.5, 0.6) is 5.75 Å². The van der Waals surface area contributed by atoms with Crippen molar-refractivity contribution in [3.05, 3.63) is 46.2 Å². The van der Waals surface area contributed by atoms with Gasteiger partial charge in [0.1, 0.15) is 12.4 Å². The van der Waals surface area contributed by atoms with E-state index in [1.165, 1.54) is 12.1 Å². The van der Waals surface area contributed by atoms with Crippen LogP contribution in [0, 0.1) is 0 Å². The monoisotopic (exact) mass is 308 g/mol. The maximum absolute atomic E-state index is 10.9. The Morgan fingerprint density at radius 1 is 1.38 bits per heavy atom. The molecule has 0 aliphatic carbocycles. The van der Waals surface area contributed by atoms with E-state index in [0.29, 0.717) is 12.4 Å². The van der Waals surface area contributed by atoms with Gasteiger partial charge in [-0.25, -0.2) is 4.79 Å². The minimum absolute atomic E-state index is 0.138. The van der Waals surface area contributed by atoms with Crippen molar-refractivity contribution in [3.8, 4) is 5.75 Å². The third-order valence-corrected chi connectivity index (χ3v) is 3.43. The third-order valence-electron chi connectivity index (χ3n) is 3.13. The first-order chi connectivity index (χ1) is 10.0. The Morgan fingerprint density at radius 3 is 2.71 bits per heavy atom. The molecular weight excluding hydrogens is 292 g/mol. The molecular formula is C15H17ClN2O3. The number of carboxylic acids is 1. The van der Waals surface area contributed by atoms with Crippen LogP contribution in [0.2, 0.25) is 5.02 Å². The summed E-state index contributed by atoms with van der Waals surface area (Å²) >= 11 is 6.04. The number of carboxylic acid groups (broad SMARTS) is 1. The van der Waals surface area contributed by atoms with Crippen molar-refractivity contribution < 1.29 is 14.6 Å². The fraction of sp³-hybridized carbons (Fsp3) is 0.333. The van der Waals surface area contributed by atoms with E-state index in [0.717, 1.165) is 24.4 Å². The molecule has 0 radical (unpaired) electrons. The van der Waals surface area contributed by atoms with Crippen LogP contribution in [0.1, 0.15) is 35.6 Å². The number of aromatic nitrogens is 2. The summed E-state index contributed by atoms with van der Waals surface area (Å²) in [4.78, 5) is 10.9. The van der Waals surface area contributed by atoms with Crippen LogP contribution in [0.4, 0.5) is 0 Å². The lowest BCUT2D eigenvalue weighted by Gasteiger charge is -2.09. The van der Waals surface area contributed by atoms with Crippen molar-refractivity contribution in [1.82, 2.24) is 9.78 Å². The maximum Gasteiger partial charge on any atom is 0.335 e. The van der Waals surface area contributed by atoms with Crippen molar-refractivity contribution in [2.24, 2.45) is 0 Å². The Balaban J connectivity index is 2.13. The highest BCUT2D eigenvalue weighted by molar-refractivity contribution is 6.32. The Kier molecular flexibility index (Phi) is 4.85. The van der Waals surface area contributed by atoms with E-state index in [1.807, 2.05) is 17.7 Å². The van der Waals surface area contributed by atoms with Crippen LogP contribution < -0.4 is 4.74 Å². The lowest BCUT2D eigenvalue weighted by molar-refractivity contribution is 0.0697. The number of aryl methyl sites for hydroxylation is 2. The number of aromatic carboxylic acids is 1. The summed E-state index contributed by atoms with van der Waals surface area (Å²) in [5, 5.41) is 13.6. The van der Waals surface area contributed by atoms with Gasteiger partial charge in [0.2, 0.25) is 0 Å². The van der Waals surface area contributed by atoms with Crippen molar-refractivity contribution in [1.29, 1.82) is 0 Å². The largest absolute Gasteiger partial charge is 0.486 e. The molecule has 6 heteroatoms. The van der Waals surface area contributed by atoms with Gasteiger partial charge in [0, 0.05) is 6.54 Å². The highest BCUT2D eigenvalue weighted by Crippen LogP contribution is 2.26. The van der Waals surface area contributed by atoms with Crippen LogP contribution in [0.15, 0.2) is 24.3 Å². The van der Waals surface area contributed by atoms with Gasteiger partial charge in [-0.15, -0.1) is 0 Å². The van der Waals surface area contributed by atoms with Crippen LogP contribution in [0.25, 0.3) is 0 Å². The van der Waals surface area contributed by atoms with Gasteiger partial charge in [0.15, 0.2) is 0 Å². The second-order valence-electron chi connectivity index (χ2n) is 4.54. The summed E-state index contributed by atoms with van der Waals surface area (Å²) in [6.07, 6.45) is 0.869. The second-order valence-corrected chi connectivity index (χ2v) is 4.94. The molecule has 21 heavy (non-hydrogen) atoms. The van der Waals surface area contributed by atoms with Crippen molar-refractivity contribution in [3.63, 3.8) is 0 Å². The van der Waals surface area contributed by atoms with E-state index >= 15 is 0 Å². The molecule has 0 bridgehead atoms. The molecule has 0 aliphatic heterocycles. The number of hydrogen-bond donors (Lipinski definition) is 1. The first-order valence-electron chi connectivity index (χ1n) is 6.76. The zero-order valence-corrected chi connectivity index (χ0v) is 12.7. The number of ether oxygens (including phenoxy) is 1. The Hall–Kier alpha value is -2.01. The molecule has 2 rings (SSSR count). The van der Waals surface area contributed by atoms with Gasteiger partial charge in [0.25, 0.3) is 0 Å². The normalized spacial score (nSPS) is 10.6. The van der Waals surface area contributed by atoms with Crippen LogP contribution in [-0.4, -0.2) is 20.9 Å². The van der Waals surface area contributed by atoms with E-state index in [9.17, 15) is 4.79 Å². The zero-order chi connectivity index (χ0) is 15.4. The molecule has 0 spiro atoms. The molecule has 1 aromatic carbocycles. The van der Waals surface area contributed by atoms with Gasteiger partial charge in [-0.3, -0.25) is 4.68 Å². The van der Waals surface area contributed by atoms with Gasteiger partial charge >= 0.3 is 5.97 Å². The van der Waals surface area contributed by atoms with Gasteiger partial charge in [-0.2, -0.15) is 5.10 Å². The second kappa shape index (κ2) is 6.63. The number of rotatable bonds is 6. The topological polar surface area (TPSA) is 64.3 Å². The third kappa shape index (κ3) is 3.55. The lowest BCUT2D eigenvalue weighted by atomic mass is 10.2. The number of halogens is 1. The van der Waals surface area contributed by atoms with Crippen LogP contribution in [0.3, 0.4) is 0 Å². The molecule has 1 aromatic heterocycles. The molecule has 2 aromatic rings. The van der Waals surface area contributed by atoms with Crippen molar-refractivity contribution in [2.75, 3.05) is 0 Å². The first kappa shape index (κ1) is 15.4. The molecule has 112 valence electrons. The predicted octanol–water partition coefficient (Wildman–Crippen LogP) is 3.40. The minimum Gasteiger partial charge on any atom is -0.486 e. The zero-order valence-electron chi connectivity index (χ0n) is 12.0. The van der Waals surface area contributed by atoms with Gasteiger partial charge < -0.3 is 9.84 Å². The molecule has 1 N–H and O–H groups in total. The molecule has 0 amide bonds. The predicted molar refractivity (Wildman–Crippen MR) is 80.0 cm³/mol. The molecule has 1 heterocycles. The molecule has 0 saturated heterocycles. The van der Waals surface area contributed by atoms with Gasteiger partial charge in [-0.1, -0.05) is 18.5 Å². The number of hydrogen-bond acceptors (Lipinski definition) is 3. The maximum atomic E-state index is 10.9. The Bertz CT molecular complexity index is 652. The van der Waals surface area contributed by atoms with E-state index < -0.39 is 5.97 Å². The highest BCUT2D eigenvalue weighted by Gasteiger charge is 2.10. The fourth-order valence-electron chi connectivity index (χ4n) is 1.98. The van der Waals surface area contributed by atoms with Gasteiger partial charge in [-0.05, 0) is 37.6 Å². The summed E-state index contributed by atoms with van der Waals surface area (Å²) < 4.78 is 7.56. The van der Waals surface area contributed by atoms with Crippen LogP contribution in [-0.2, 0) is 19.6 Å². The molecule has 5 nitrogen and oxygen atoms in total. The Morgan fingerprint density at radius 2 is 2.14 bits per heavy atom. The SMILES string of the molecule is CCc1cc(COc2ccc(C(=O)O)cc2Cl)n(CC)n1. The van der Waals surface area contributed by atoms with E-state index in [2.05, 4.69) is 12.0 Å². The lowest BCUT2D eigenvalue weighted by Crippen LogP contribution is -2.06. The summed E-state index contributed by atoms with van der Waals surface area (Å²) in [7, 11) is 0. The quantitative estimate of drug-likeness (QED) is 0.888. The van der Waals surface area contributed by atoms with Crippen LogP contribution >= 0.6 is 11.6 Å². The molecule has 0 fully saturated rings. The van der Waals surface area contributed by atoms with Crippen molar-refractivity contribution >= 4 is 17.6 Å². The standard InChI is InChI=1S/C15H17ClN2O3/c1-3-11-8-12(18(4-2)17-11)9-21-14-6-5-10(15(19)20)7-13(14)16/h5-8H,3-4,9H2,1-2H3,(H,19,20). The summed E-state index contributed by atoms with van der Waals surface area (Å²) in [6.45, 7) is 5.18. The number of benzene rings is 1. The Labute approximate surface area is 128 Å². The fourth-order valence-corrected chi connectivity index (χ4v) is 2.22. The minimum atomic E-state index is -1.01. The highest BCUT2D eigenvalue weighted by atomic mass is 35.5. The van der Waals surface area contributed by atoms with Crippen molar-refractivity contribution in [2.45, 2.75) is 33.4 Å². The summed E-state index contributed by atoms with van der Waals surface area (Å²) in [5.74, 6) is -0.552. The summed E-state index contributed by atoms with van der Waals surface area (Å²) in [5.41, 5.74) is 2.12. The van der Waals surface area contributed by atoms with E-state index in [1.54, 1.807) is 6.07 Å². The molecule has 0 aliphatic rings. The average molecular weight is 309 g/mol.